The molecule has 0 spiro atoms. The molecule has 0 fully saturated rings. The SMILES string of the molecule is CCCCCCCCCCCC(=O)NC(CCC(=O)NCCCN(C)C)C(=O)NCCCN(C)C. The van der Waals surface area contributed by atoms with Crippen LogP contribution < -0.4 is 16.0 Å². The van der Waals surface area contributed by atoms with Crippen LogP contribution in [0.25, 0.3) is 0 Å². The zero-order valence-electron chi connectivity index (χ0n) is 23.4. The van der Waals surface area contributed by atoms with Crippen molar-refractivity contribution >= 4 is 17.7 Å². The normalized spacial score (nSPS) is 12.1. The van der Waals surface area contributed by atoms with Gasteiger partial charge in [0.1, 0.15) is 6.04 Å². The smallest absolute Gasteiger partial charge is 0.242 e. The van der Waals surface area contributed by atoms with Gasteiger partial charge < -0.3 is 25.8 Å². The highest BCUT2D eigenvalue weighted by Gasteiger charge is 2.21. The first-order chi connectivity index (χ1) is 16.8. The summed E-state index contributed by atoms with van der Waals surface area (Å²) in [7, 11) is 7.99. The molecule has 0 aliphatic heterocycles. The number of hydrogen-bond acceptors (Lipinski definition) is 5. The highest BCUT2D eigenvalue weighted by atomic mass is 16.2. The van der Waals surface area contributed by atoms with Crippen LogP contribution in [-0.2, 0) is 14.4 Å². The standard InChI is InChI=1S/C27H55N5O3/c1-6-7-8-9-10-11-12-13-14-17-26(34)30-24(27(35)29-21-16-23-32(4)5)18-19-25(33)28-20-15-22-31(2)3/h24H,6-23H2,1-5H3,(H,28,33)(H,29,35)(H,30,34). The molecular formula is C27H55N5O3. The fourth-order valence-electron chi connectivity index (χ4n) is 3.85. The Labute approximate surface area is 215 Å². The third-order valence-electron chi connectivity index (χ3n) is 6.00. The first-order valence-electron chi connectivity index (χ1n) is 13.9. The van der Waals surface area contributed by atoms with Crippen molar-refractivity contribution in [1.29, 1.82) is 0 Å². The Hall–Kier alpha value is -1.67. The Morgan fingerprint density at radius 2 is 1.14 bits per heavy atom. The number of unbranched alkanes of at least 4 members (excludes halogenated alkanes) is 8. The summed E-state index contributed by atoms with van der Waals surface area (Å²) in [5.74, 6) is -0.389. The van der Waals surface area contributed by atoms with Crippen LogP contribution in [0.4, 0.5) is 0 Å². The molecule has 8 heteroatoms. The van der Waals surface area contributed by atoms with E-state index in [1.54, 1.807) is 0 Å². The highest BCUT2D eigenvalue weighted by molar-refractivity contribution is 5.88. The lowest BCUT2D eigenvalue weighted by Gasteiger charge is -2.19. The summed E-state index contributed by atoms with van der Waals surface area (Å²) in [6.45, 7) is 5.19. The van der Waals surface area contributed by atoms with Gasteiger partial charge in [0, 0.05) is 25.9 Å². The zero-order valence-corrected chi connectivity index (χ0v) is 23.4. The van der Waals surface area contributed by atoms with Crippen molar-refractivity contribution < 1.29 is 14.4 Å². The summed E-state index contributed by atoms with van der Waals surface area (Å²) in [6.07, 6.45) is 13.4. The van der Waals surface area contributed by atoms with E-state index >= 15 is 0 Å². The van der Waals surface area contributed by atoms with E-state index in [9.17, 15) is 14.4 Å². The monoisotopic (exact) mass is 497 g/mol. The van der Waals surface area contributed by atoms with Gasteiger partial charge in [-0.3, -0.25) is 14.4 Å². The maximum atomic E-state index is 12.7. The fraction of sp³-hybridized carbons (Fsp3) is 0.889. The number of carbonyl (C=O) groups is 3. The fourth-order valence-corrected chi connectivity index (χ4v) is 3.85. The zero-order chi connectivity index (χ0) is 26.3. The number of amides is 3. The molecule has 0 aliphatic carbocycles. The Kier molecular flexibility index (Phi) is 21.7. The number of carbonyl (C=O) groups excluding carboxylic acids is 3. The Balaban J connectivity index is 4.38. The van der Waals surface area contributed by atoms with E-state index in [0.717, 1.165) is 45.2 Å². The van der Waals surface area contributed by atoms with E-state index in [0.29, 0.717) is 25.9 Å². The molecule has 8 nitrogen and oxygen atoms in total. The third-order valence-corrected chi connectivity index (χ3v) is 6.00. The van der Waals surface area contributed by atoms with Crippen molar-refractivity contribution in [2.45, 2.75) is 103 Å². The molecule has 0 saturated heterocycles. The van der Waals surface area contributed by atoms with Gasteiger partial charge in [0.15, 0.2) is 0 Å². The van der Waals surface area contributed by atoms with E-state index in [1.807, 2.05) is 28.2 Å². The van der Waals surface area contributed by atoms with Gasteiger partial charge in [-0.1, -0.05) is 58.3 Å². The molecular weight excluding hydrogens is 442 g/mol. The average molecular weight is 498 g/mol. The largest absolute Gasteiger partial charge is 0.356 e. The lowest BCUT2D eigenvalue weighted by molar-refractivity contribution is -0.129. The van der Waals surface area contributed by atoms with Crippen molar-refractivity contribution in [1.82, 2.24) is 25.8 Å². The maximum absolute atomic E-state index is 12.7. The average Bonchev–Trinajstić information content (AvgIpc) is 2.80. The molecule has 0 heterocycles. The van der Waals surface area contributed by atoms with Crippen LogP contribution in [0.1, 0.15) is 96.8 Å². The molecule has 1 unspecified atom stereocenters. The molecule has 35 heavy (non-hydrogen) atoms. The van der Waals surface area contributed by atoms with Crippen LogP contribution in [0.2, 0.25) is 0 Å². The highest BCUT2D eigenvalue weighted by Crippen LogP contribution is 2.10. The number of nitrogens with one attached hydrogen (secondary N) is 3. The minimum absolute atomic E-state index is 0.0812. The molecule has 0 aromatic carbocycles. The van der Waals surface area contributed by atoms with Gasteiger partial charge in [-0.05, 0) is 67.0 Å². The minimum Gasteiger partial charge on any atom is -0.356 e. The van der Waals surface area contributed by atoms with E-state index < -0.39 is 6.04 Å². The summed E-state index contributed by atoms with van der Waals surface area (Å²) in [5, 5.41) is 8.71. The van der Waals surface area contributed by atoms with Crippen LogP contribution in [-0.4, -0.2) is 87.9 Å². The summed E-state index contributed by atoms with van der Waals surface area (Å²) < 4.78 is 0. The van der Waals surface area contributed by atoms with Crippen molar-refractivity contribution in [2.24, 2.45) is 0 Å². The van der Waals surface area contributed by atoms with Gasteiger partial charge in [-0.2, -0.15) is 0 Å². The third kappa shape index (κ3) is 22.5. The van der Waals surface area contributed by atoms with Crippen molar-refractivity contribution in [3.05, 3.63) is 0 Å². The second-order valence-corrected chi connectivity index (χ2v) is 10.2. The molecule has 0 rings (SSSR count). The molecule has 0 radical (unpaired) electrons. The van der Waals surface area contributed by atoms with Crippen LogP contribution in [0.5, 0.6) is 0 Å². The maximum Gasteiger partial charge on any atom is 0.242 e. The van der Waals surface area contributed by atoms with E-state index in [-0.39, 0.29) is 24.1 Å². The molecule has 3 amide bonds. The number of nitrogens with zero attached hydrogens (tertiary/aromatic N) is 2. The summed E-state index contributed by atoms with van der Waals surface area (Å²) in [5.41, 5.74) is 0. The molecule has 0 saturated carbocycles. The topological polar surface area (TPSA) is 93.8 Å². The molecule has 0 aromatic heterocycles. The Morgan fingerprint density at radius 3 is 1.69 bits per heavy atom. The van der Waals surface area contributed by atoms with Crippen LogP contribution in [0.3, 0.4) is 0 Å². The van der Waals surface area contributed by atoms with E-state index in [1.165, 1.54) is 38.5 Å². The second-order valence-electron chi connectivity index (χ2n) is 10.2. The lowest BCUT2D eigenvalue weighted by Crippen LogP contribution is -2.47. The van der Waals surface area contributed by atoms with Crippen LogP contribution in [0.15, 0.2) is 0 Å². The summed E-state index contributed by atoms with van der Waals surface area (Å²) >= 11 is 0. The Morgan fingerprint density at radius 1 is 0.629 bits per heavy atom. The van der Waals surface area contributed by atoms with Gasteiger partial charge in [-0.25, -0.2) is 0 Å². The summed E-state index contributed by atoms with van der Waals surface area (Å²) in [4.78, 5) is 41.6. The first kappa shape index (κ1) is 33.3. The lowest BCUT2D eigenvalue weighted by atomic mass is 10.1. The Bertz CT molecular complexity index is 555. The number of hydrogen-bond donors (Lipinski definition) is 3. The van der Waals surface area contributed by atoms with Gasteiger partial charge in [0.05, 0.1) is 0 Å². The van der Waals surface area contributed by atoms with Crippen molar-refractivity contribution in [2.75, 3.05) is 54.4 Å². The molecule has 0 aromatic rings. The van der Waals surface area contributed by atoms with Crippen molar-refractivity contribution in [3.8, 4) is 0 Å². The second kappa shape index (κ2) is 22.8. The quantitative estimate of drug-likeness (QED) is 0.188. The summed E-state index contributed by atoms with van der Waals surface area (Å²) in [6, 6.07) is -0.673. The van der Waals surface area contributed by atoms with E-state index in [2.05, 4.69) is 32.7 Å². The molecule has 0 aliphatic rings. The predicted molar refractivity (Wildman–Crippen MR) is 145 cm³/mol. The van der Waals surface area contributed by atoms with Gasteiger partial charge >= 0.3 is 0 Å². The van der Waals surface area contributed by atoms with Crippen molar-refractivity contribution in [3.63, 3.8) is 0 Å². The van der Waals surface area contributed by atoms with Crippen LogP contribution >= 0.6 is 0 Å². The van der Waals surface area contributed by atoms with Crippen LogP contribution in [0, 0.1) is 0 Å². The van der Waals surface area contributed by atoms with E-state index in [4.69, 9.17) is 0 Å². The predicted octanol–water partition coefficient (Wildman–Crippen LogP) is 3.31. The number of rotatable bonds is 23. The van der Waals surface area contributed by atoms with Gasteiger partial charge in [0.2, 0.25) is 17.7 Å². The van der Waals surface area contributed by atoms with Gasteiger partial charge in [0.25, 0.3) is 0 Å². The molecule has 3 N–H and O–H groups in total. The molecule has 0 bridgehead atoms. The molecule has 1 atom stereocenters. The first-order valence-corrected chi connectivity index (χ1v) is 13.9. The van der Waals surface area contributed by atoms with Gasteiger partial charge in [-0.15, -0.1) is 0 Å². The minimum atomic E-state index is -0.673. The molecule has 206 valence electrons.